The van der Waals surface area contributed by atoms with Crippen molar-refractivity contribution < 1.29 is 9.66 Å². The van der Waals surface area contributed by atoms with Crippen LogP contribution in [0, 0.1) is 22.0 Å². The molecule has 0 fully saturated rings. The Morgan fingerprint density at radius 1 is 1.26 bits per heavy atom. The van der Waals surface area contributed by atoms with E-state index in [2.05, 4.69) is 5.32 Å². The lowest BCUT2D eigenvalue weighted by Crippen LogP contribution is -2.15. The van der Waals surface area contributed by atoms with Crippen molar-refractivity contribution in [3.63, 3.8) is 0 Å². The molecule has 132 valence electrons. The molecule has 0 aromatic heterocycles. The van der Waals surface area contributed by atoms with Crippen LogP contribution in [0.5, 0.6) is 0 Å². The molecule has 0 aliphatic heterocycles. The van der Waals surface area contributed by atoms with Gasteiger partial charge in [0.25, 0.3) is 5.70 Å². The Balaban J connectivity index is 5.86. The third-order valence-corrected chi connectivity index (χ3v) is 3.64. The molecule has 0 spiro atoms. The fraction of sp³-hybridized carbons (Fsp3) is 0.667. The van der Waals surface area contributed by atoms with E-state index in [4.69, 9.17) is 4.74 Å². The highest BCUT2D eigenvalue weighted by atomic mass is 16.6. The normalized spacial score (nSPS) is 14.3. The number of rotatable bonds is 10. The Hall–Kier alpha value is -1.62. The van der Waals surface area contributed by atoms with Crippen molar-refractivity contribution >= 4 is 0 Å². The highest BCUT2D eigenvalue weighted by Crippen LogP contribution is 2.28. The van der Waals surface area contributed by atoms with Crippen LogP contribution in [0.2, 0.25) is 0 Å². The van der Waals surface area contributed by atoms with E-state index in [1.807, 2.05) is 60.7 Å². The summed E-state index contributed by atoms with van der Waals surface area (Å²) >= 11 is 0. The molecule has 0 radical (unpaired) electrons. The van der Waals surface area contributed by atoms with Gasteiger partial charge in [0.1, 0.15) is 12.4 Å². The van der Waals surface area contributed by atoms with Crippen molar-refractivity contribution in [2.75, 3.05) is 20.2 Å². The van der Waals surface area contributed by atoms with Gasteiger partial charge in [0.05, 0.1) is 4.92 Å². The van der Waals surface area contributed by atoms with Crippen molar-refractivity contribution in [2.45, 2.75) is 48.0 Å². The molecule has 0 bridgehead atoms. The van der Waals surface area contributed by atoms with Crippen LogP contribution in [0.1, 0.15) is 48.0 Å². The maximum atomic E-state index is 11.6. The van der Waals surface area contributed by atoms with E-state index in [0.717, 1.165) is 18.5 Å². The molecule has 0 saturated carbocycles. The number of likely N-dealkylation sites (N-methyl/N-ethyl adjacent to an activating group) is 1. The number of nitrogens with zero attached hydrogens (tertiary/aromatic N) is 1. The minimum Gasteiger partial charge on any atom is -0.493 e. The van der Waals surface area contributed by atoms with Crippen LogP contribution in [0.25, 0.3) is 0 Å². The third-order valence-electron chi connectivity index (χ3n) is 3.64. The largest absolute Gasteiger partial charge is 0.493 e. The highest BCUT2D eigenvalue weighted by molar-refractivity contribution is 5.36. The van der Waals surface area contributed by atoms with Crippen molar-refractivity contribution in [1.82, 2.24) is 5.32 Å². The molecule has 0 aliphatic rings. The first kappa shape index (κ1) is 21.4. The van der Waals surface area contributed by atoms with E-state index in [0.29, 0.717) is 17.9 Å². The predicted octanol–water partition coefficient (Wildman–Crippen LogP) is 4.31. The maximum Gasteiger partial charge on any atom is 0.272 e. The number of hydrogen-bond donors (Lipinski definition) is 1. The number of hydrogen-bond acceptors (Lipinski definition) is 4. The fourth-order valence-corrected chi connectivity index (χ4v) is 2.04. The summed E-state index contributed by atoms with van der Waals surface area (Å²) in [5.74, 6) is 0.862. The van der Waals surface area contributed by atoms with Gasteiger partial charge >= 0.3 is 0 Å². The summed E-state index contributed by atoms with van der Waals surface area (Å²) in [6, 6.07) is 0. The molecule has 0 unspecified atom stereocenters. The van der Waals surface area contributed by atoms with Crippen molar-refractivity contribution in [3.8, 4) is 0 Å². The molecular formula is C18H32N2O3. The van der Waals surface area contributed by atoms with Crippen LogP contribution in [0.15, 0.2) is 34.8 Å². The molecule has 0 aromatic rings. The molecule has 5 nitrogen and oxygen atoms in total. The lowest BCUT2D eigenvalue weighted by Gasteiger charge is -2.15. The Kier molecular flexibility index (Phi) is 10.2. The summed E-state index contributed by atoms with van der Waals surface area (Å²) in [7, 11) is 1.86. The van der Waals surface area contributed by atoms with Crippen LogP contribution in [-0.4, -0.2) is 25.1 Å². The maximum absolute atomic E-state index is 11.6. The van der Waals surface area contributed by atoms with Crippen molar-refractivity contribution in [1.29, 1.82) is 0 Å². The summed E-state index contributed by atoms with van der Waals surface area (Å²) in [5, 5.41) is 14.7. The van der Waals surface area contributed by atoms with Gasteiger partial charge in [0, 0.05) is 17.7 Å². The van der Waals surface area contributed by atoms with Gasteiger partial charge in [-0.15, -0.1) is 0 Å². The average molecular weight is 324 g/mol. The SMILES string of the molecule is CC/C=C(/C=C(\C(=C(/C)C(C)C)[N+](=O)[O-])C(C)C)OCCNC. The molecule has 0 aliphatic carbocycles. The molecule has 0 saturated heterocycles. The van der Waals surface area contributed by atoms with Gasteiger partial charge in [-0.2, -0.15) is 0 Å². The molecule has 0 heterocycles. The van der Waals surface area contributed by atoms with E-state index in [1.165, 1.54) is 0 Å². The summed E-state index contributed by atoms with van der Waals surface area (Å²) in [6.07, 6.45) is 4.60. The second-order valence-electron chi connectivity index (χ2n) is 6.16. The van der Waals surface area contributed by atoms with Crippen LogP contribution in [-0.2, 0) is 4.74 Å². The topological polar surface area (TPSA) is 64.4 Å². The zero-order chi connectivity index (χ0) is 18.0. The Labute approximate surface area is 140 Å². The van der Waals surface area contributed by atoms with Crippen molar-refractivity contribution in [3.05, 3.63) is 44.9 Å². The molecular weight excluding hydrogens is 292 g/mol. The standard InChI is InChI=1S/C18H32N2O3/c1-8-9-16(23-11-10-19-7)12-17(14(4)5)18(20(21)22)15(6)13(2)3/h9,12-14,19H,8,10-11H2,1-7H3/b16-9-,17-12-,18-15-. The van der Waals surface area contributed by atoms with Gasteiger partial charge in [-0.05, 0) is 44.4 Å². The Bertz CT molecular complexity index is 475. The van der Waals surface area contributed by atoms with E-state index in [1.54, 1.807) is 0 Å². The van der Waals surface area contributed by atoms with Gasteiger partial charge in [0.2, 0.25) is 0 Å². The van der Waals surface area contributed by atoms with E-state index in [9.17, 15) is 10.1 Å². The molecule has 5 heteroatoms. The summed E-state index contributed by atoms with van der Waals surface area (Å²) in [6.45, 7) is 13.0. The third kappa shape index (κ3) is 7.46. The number of allylic oxidation sites excluding steroid dienone is 4. The number of ether oxygens (including phenoxy) is 1. The summed E-state index contributed by atoms with van der Waals surface area (Å²) < 4.78 is 5.75. The summed E-state index contributed by atoms with van der Waals surface area (Å²) in [5.41, 5.74) is 1.72. The summed E-state index contributed by atoms with van der Waals surface area (Å²) in [4.78, 5) is 11.4. The molecule has 1 N–H and O–H groups in total. The monoisotopic (exact) mass is 324 g/mol. The van der Waals surface area contributed by atoms with Gasteiger partial charge in [-0.1, -0.05) is 34.6 Å². The molecule has 0 atom stereocenters. The highest BCUT2D eigenvalue weighted by Gasteiger charge is 2.25. The molecule has 0 aromatic carbocycles. The van der Waals surface area contributed by atoms with E-state index in [-0.39, 0.29) is 22.5 Å². The number of nitrogens with one attached hydrogen (secondary N) is 1. The van der Waals surface area contributed by atoms with Gasteiger partial charge < -0.3 is 10.1 Å². The van der Waals surface area contributed by atoms with Crippen molar-refractivity contribution in [2.24, 2.45) is 11.8 Å². The van der Waals surface area contributed by atoms with Crippen LogP contribution in [0.3, 0.4) is 0 Å². The zero-order valence-electron chi connectivity index (χ0n) is 15.6. The lowest BCUT2D eigenvalue weighted by molar-refractivity contribution is -0.423. The molecule has 0 amide bonds. The average Bonchev–Trinajstić information content (AvgIpc) is 2.45. The molecule has 23 heavy (non-hydrogen) atoms. The first-order chi connectivity index (χ1) is 10.8. The van der Waals surface area contributed by atoms with Crippen LogP contribution < -0.4 is 5.32 Å². The first-order valence-electron chi connectivity index (χ1n) is 8.30. The van der Waals surface area contributed by atoms with Gasteiger partial charge in [-0.25, -0.2) is 0 Å². The second-order valence-corrected chi connectivity index (χ2v) is 6.16. The quantitative estimate of drug-likeness (QED) is 0.214. The fourth-order valence-electron chi connectivity index (χ4n) is 2.04. The Morgan fingerprint density at radius 2 is 1.87 bits per heavy atom. The molecule has 0 rings (SSSR count). The number of nitro groups is 1. The predicted molar refractivity (Wildman–Crippen MR) is 95.7 cm³/mol. The minimum atomic E-state index is -0.266. The van der Waals surface area contributed by atoms with E-state index >= 15 is 0 Å². The smallest absolute Gasteiger partial charge is 0.272 e. The first-order valence-corrected chi connectivity index (χ1v) is 8.30. The van der Waals surface area contributed by atoms with Crippen LogP contribution >= 0.6 is 0 Å². The minimum absolute atomic E-state index is 0.0391. The van der Waals surface area contributed by atoms with E-state index < -0.39 is 0 Å². The van der Waals surface area contributed by atoms with Crippen LogP contribution in [0.4, 0.5) is 0 Å². The van der Waals surface area contributed by atoms with Gasteiger partial charge in [-0.3, -0.25) is 10.1 Å². The second kappa shape index (κ2) is 11.0. The zero-order valence-corrected chi connectivity index (χ0v) is 15.6. The van der Waals surface area contributed by atoms with Gasteiger partial charge in [0.15, 0.2) is 0 Å². The lowest BCUT2D eigenvalue weighted by atomic mass is 9.92. The Morgan fingerprint density at radius 3 is 2.26 bits per heavy atom.